The van der Waals surface area contributed by atoms with Gasteiger partial charge in [-0.15, -0.1) is 0 Å². The number of rotatable bonds is 15. The summed E-state index contributed by atoms with van der Waals surface area (Å²) in [6, 6.07) is 8.97. The van der Waals surface area contributed by atoms with E-state index in [-0.39, 0.29) is 0 Å². The number of nitrogens with zero attached hydrogens (tertiary/aromatic N) is 1. The summed E-state index contributed by atoms with van der Waals surface area (Å²) in [6.45, 7) is 3.36. The van der Waals surface area contributed by atoms with Crippen molar-refractivity contribution in [2.24, 2.45) is 0 Å². The third kappa shape index (κ3) is 10.9. The van der Waals surface area contributed by atoms with Crippen molar-refractivity contribution in [1.29, 1.82) is 0 Å². The SMILES string of the molecule is CCCCCCCCCCCCCCc1ccccc1CN(C)C. The monoisotopic (exact) mass is 331 g/mol. The number of hydrogen-bond acceptors (Lipinski definition) is 1. The van der Waals surface area contributed by atoms with Gasteiger partial charge in [0.05, 0.1) is 0 Å². The summed E-state index contributed by atoms with van der Waals surface area (Å²) in [5.41, 5.74) is 3.06. The molecular formula is C23H41N. The molecule has 0 saturated heterocycles. The van der Waals surface area contributed by atoms with Crippen LogP contribution in [0.3, 0.4) is 0 Å². The molecule has 0 atom stereocenters. The van der Waals surface area contributed by atoms with Crippen LogP contribution in [0.25, 0.3) is 0 Å². The molecule has 0 aromatic heterocycles. The second-order valence-electron chi connectivity index (χ2n) is 7.65. The molecule has 0 aliphatic heterocycles. The van der Waals surface area contributed by atoms with Crippen LogP contribution >= 0.6 is 0 Å². The molecule has 1 heteroatoms. The molecule has 0 fully saturated rings. The van der Waals surface area contributed by atoms with Crippen LogP contribution in [0, 0.1) is 0 Å². The van der Waals surface area contributed by atoms with Crippen LogP contribution in [0.1, 0.15) is 95.1 Å². The summed E-state index contributed by atoms with van der Waals surface area (Å²) in [4.78, 5) is 2.26. The van der Waals surface area contributed by atoms with Crippen LogP contribution in [0.2, 0.25) is 0 Å². The minimum Gasteiger partial charge on any atom is -0.305 e. The Balaban J connectivity index is 1.99. The lowest BCUT2D eigenvalue weighted by Gasteiger charge is -2.14. The Morgan fingerprint density at radius 2 is 1.08 bits per heavy atom. The Kier molecular flexibility index (Phi) is 12.8. The van der Waals surface area contributed by atoms with Crippen molar-refractivity contribution in [3.05, 3.63) is 35.4 Å². The van der Waals surface area contributed by atoms with Crippen LogP contribution in [0.5, 0.6) is 0 Å². The van der Waals surface area contributed by atoms with Gasteiger partial charge in [0.1, 0.15) is 0 Å². The van der Waals surface area contributed by atoms with Gasteiger partial charge >= 0.3 is 0 Å². The van der Waals surface area contributed by atoms with Gasteiger partial charge in [-0.3, -0.25) is 0 Å². The predicted octanol–water partition coefficient (Wildman–Crippen LogP) is 6.99. The van der Waals surface area contributed by atoms with Crippen LogP contribution in [0.4, 0.5) is 0 Å². The second-order valence-corrected chi connectivity index (χ2v) is 7.65. The first kappa shape index (κ1) is 21.2. The Morgan fingerprint density at radius 1 is 0.625 bits per heavy atom. The fourth-order valence-corrected chi connectivity index (χ4v) is 3.45. The van der Waals surface area contributed by atoms with E-state index < -0.39 is 0 Å². The van der Waals surface area contributed by atoms with E-state index in [0.29, 0.717) is 0 Å². The molecule has 138 valence electrons. The minimum atomic E-state index is 1.06. The van der Waals surface area contributed by atoms with E-state index in [1.165, 1.54) is 89.0 Å². The van der Waals surface area contributed by atoms with Gasteiger partial charge in [0.2, 0.25) is 0 Å². The largest absolute Gasteiger partial charge is 0.305 e. The summed E-state index contributed by atoms with van der Waals surface area (Å²) in [6.07, 6.45) is 18.4. The summed E-state index contributed by atoms with van der Waals surface area (Å²) < 4.78 is 0. The lowest BCUT2D eigenvalue weighted by molar-refractivity contribution is 0.400. The van der Waals surface area contributed by atoms with Crippen molar-refractivity contribution in [3.8, 4) is 0 Å². The van der Waals surface area contributed by atoms with Gasteiger partial charge in [-0.25, -0.2) is 0 Å². The highest BCUT2D eigenvalue weighted by Crippen LogP contribution is 2.16. The van der Waals surface area contributed by atoms with E-state index in [0.717, 1.165) is 6.54 Å². The molecule has 0 aliphatic carbocycles. The van der Waals surface area contributed by atoms with Gasteiger partial charge < -0.3 is 4.90 Å². The Bertz CT molecular complexity index is 397. The van der Waals surface area contributed by atoms with Crippen LogP contribution in [-0.2, 0) is 13.0 Å². The lowest BCUT2D eigenvalue weighted by Crippen LogP contribution is -2.12. The predicted molar refractivity (Wildman–Crippen MR) is 109 cm³/mol. The molecule has 1 nitrogen and oxygen atoms in total. The highest BCUT2D eigenvalue weighted by molar-refractivity contribution is 5.27. The Morgan fingerprint density at radius 3 is 1.58 bits per heavy atom. The maximum Gasteiger partial charge on any atom is 0.0230 e. The zero-order valence-corrected chi connectivity index (χ0v) is 16.7. The van der Waals surface area contributed by atoms with Gasteiger partial charge in [-0.2, -0.15) is 0 Å². The van der Waals surface area contributed by atoms with Crippen molar-refractivity contribution in [2.45, 2.75) is 96.9 Å². The molecule has 0 aliphatic rings. The van der Waals surface area contributed by atoms with Gasteiger partial charge in [0.25, 0.3) is 0 Å². The molecule has 1 aromatic rings. The van der Waals surface area contributed by atoms with E-state index in [4.69, 9.17) is 0 Å². The van der Waals surface area contributed by atoms with Crippen molar-refractivity contribution in [2.75, 3.05) is 14.1 Å². The minimum absolute atomic E-state index is 1.06. The fraction of sp³-hybridized carbons (Fsp3) is 0.739. The zero-order chi connectivity index (χ0) is 17.5. The van der Waals surface area contributed by atoms with Crippen molar-refractivity contribution in [1.82, 2.24) is 4.90 Å². The van der Waals surface area contributed by atoms with E-state index >= 15 is 0 Å². The molecule has 1 aromatic carbocycles. The van der Waals surface area contributed by atoms with Gasteiger partial charge in [0, 0.05) is 6.54 Å². The maximum atomic E-state index is 2.32. The molecule has 0 unspecified atom stereocenters. The van der Waals surface area contributed by atoms with Gasteiger partial charge in [-0.1, -0.05) is 102 Å². The normalized spacial score (nSPS) is 11.3. The topological polar surface area (TPSA) is 3.24 Å². The number of aryl methyl sites for hydroxylation is 1. The summed E-state index contributed by atoms with van der Waals surface area (Å²) in [5.74, 6) is 0. The number of benzene rings is 1. The fourth-order valence-electron chi connectivity index (χ4n) is 3.45. The third-order valence-electron chi connectivity index (χ3n) is 4.90. The lowest BCUT2D eigenvalue weighted by atomic mass is 10.00. The van der Waals surface area contributed by atoms with E-state index in [1.807, 2.05) is 0 Å². The Hall–Kier alpha value is -0.820. The average Bonchev–Trinajstić information content (AvgIpc) is 2.57. The van der Waals surface area contributed by atoms with Crippen LogP contribution in [-0.4, -0.2) is 19.0 Å². The first-order valence-corrected chi connectivity index (χ1v) is 10.5. The second kappa shape index (κ2) is 14.5. The molecule has 0 spiro atoms. The summed E-state index contributed by atoms with van der Waals surface area (Å²) >= 11 is 0. The van der Waals surface area contributed by atoms with Crippen LogP contribution in [0.15, 0.2) is 24.3 Å². The molecular weight excluding hydrogens is 290 g/mol. The molecule has 0 heterocycles. The smallest absolute Gasteiger partial charge is 0.0230 e. The van der Waals surface area contributed by atoms with E-state index in [1.54, 1.807) is 5.56 Å². The molecule has 0 amide bonds. The van der Waals surface area contributed by atoms with E-state index in [2.05, 4.69) is 50.2 Å². The molecule has 1 rings (SSSR count). The number of unbranched alkanes of at least 4 members (excludes halogenated alkanes) is 11. The van der Waals surface area contributed by atoms with Crippen molar-refractivity contribution < 1.29 is 0 Å². The average molecular weight is 332 g/mol. The van der Waals surface area contributed by atoms with Crippen molar-refractivity contribution >= 4 is 0 Å². The molecule has 0 radical (unpaired) electrons. The highest BCUT2D eigenvalue weighted by Gasteiger charge is 2.02. The highest BCUT2D eigenvalue weighted by atomic mass is 15.0. The van der Waals surface area contributed by atoms with Crippen molar-refractivity contribution in [3.63, 3.8) is 0 Å². The Labute approximate surface area is 151 Å². The molecule has 0 bridgehead atoms. The zero-order valence-electron chi connectivity index (χ0n) is 16.7. The first-order chi connectivity index (χ1) is 11.7. The number of hydrogen-bond donors (Lipinski definition) is 0. The molecule has 0 N–H and O–H groups in total. The standard InChI is InChI=1S/C23H41N/c1-4-5-6-7-8-9-10-11-12-13-14-15-18-22-19-16-17-20-23(22)21-24(2)3/h16-17,19-20H,4-15,18,21H2,1-3H3. The maximum absolute atomic E-state index is 2.32. The molecule has 24 heavy (non-hydrogen) atoms. The van der Waals surface area contributed by atoms with Gasteiger partial charge in [0.15, 0.2) is 0 Å². The molecule has 0 saturated carbocycles. The first-order valence-electron chi connectivity index (χ1n) is 10.5. The quantitative estimate of drug-likeness (QED) is 0.313. The third-order valence-corrected chi connectivity index (χ3v) is 4.90. The van der Waals surface area contributed by atoms with Crippen LogP contribution < -0.4 is 0 Å². The summed E-state index contributed by atoms with van der Waals surface area (Å²) in [5, 5.41) is 0. The van der Waals surface area contributed by atoms with Gasteiger partial charge in [-0.05, 0) is 38.1 Å². The summed E-state index contributed by atoms with van der Waals surface area (Å²) in [7, 11) is 4.31. The van der Waals surface area contributed by atoms with E-state index in [9.17, 15) is 0 Å².